The van der Waals surface area contributed by atoms with Gasteiger partial charge in [-0.15, -0.1) is 11.3 Å². The van der Waals surface area contributed by atoms with Gasteiger partial charge in [-0.1, -0.05) is 11.6 Å². The lowest BCUT2D eigenvalue weighted by atomic mass is 9.91. The van der Waals surface area contributed by atoms with Gasteiger partial charge in [0.1, 0.15) is 5.75 Å². The summed E-state index contributed by atoms with van der Waals surface area (Å²) in [6.45, 7) is 4.93. The van der Waals surface area contributed by atoms with Gasteiger partial charge in [-0.2, -0.15) is 0 Å². The highest BCUT2D eigenvalue weighted by Crippen LogP contribution is 2.44. The Balaban J connectivity index is 1.46. The zero-order valence-electron chi connectivity index (χ0n) is 15.3. The number of amides is 1. The average molecular weight is 407 g/mol. The van der Waals surface area contributed by atoms with Crippen LogP contribution in [0.2, 0.25) is 5.02 Å². The number of carbonyl (C=O) groups excluding carboxylic acids is 1. The molecule has 144 valence electrons. The summed E-state index contributed by atoms with van der Waals surface area (Å²) in [4.78, 5) is 16.8. The summed E-state index contributed by atoms with van der Waals surface area (Å²) in [5, 5.41) is 3.74. The molecule has 0 atom stereocenters. The predicted octanol–water partition coefficient (Wildman–Crippen LogP) is 3.24. The summed E-state index contributed by atoms with van der Waals surface area (Å²) in [5.41, 5.74) is 3.47. The van der Waals surface area contributed by atoms with Crippen LogP contribution in [-0.2, 0) is 17.6 Å². The molecule has 0 spiro atoms. The van der Waals surface area contributed by atoms with Crippen LogP contribution in [-0.4, -0.2) is 57.3 Å². The number of thiophene rings is 1. The molecule has 1 saturated heterocycles. The Bertz CT molecular complexity index is 846. The number of carbonyl (C=O) groups is 1. The molecule has 5 nitrogen and oxygen atoms in total. The fourth-order valence-electron chi connectivity index (χ4n) is 3.67. The van der Waals surface area contributed by atoms with Crippen LogP contribution in [0.4, 0.5) is 0 Å². The summed E-state index contributed by atoms with van der Waals surface area (Å²) in [5.74, 6) is 0.709. The lowest BCUT2D eigenvalue weighted by Crippen LogP contribution is -2.41. The molecule has 0 radical (unpaired) electrons. The van der Waals surface area contributed by atoms with Crippen molar-refractivity contribution in [3.8, 4) is 16.2 Å². The molecule has 0 bridgehead atoms. The van der Waals surface area contributed by atoms with Crippen molar-refractivity contribution in [2.24, 2.45) is 0 Å². The predicted molar refractivity (Wildman–Crippen MR) is 108 cm³/mol. The number of hydrogen-bond acceptors (Lipinski definition) is 5. The summed E-state index contributed by atoms with van der Waals surface area (Å²) >= 11 is 8.04. The highest BCUT2D eigenvalue weighted by atomic mass is 35.5. The van der Waals surface area contributed by atoms with Gasteiger partial charge in [-0.05, 0) is 47.7 Å². The lowest BCUT2D eigenvalue weighted by Gasteiger charge is -2.26. The van der Waals surface area contributed by atoms with Gasteiger partial charge in [0.05, 0.1) is 30.2 Å². The molecule has 1 N–H and O–H groups in total. The zero-order valence-corrected chi connectivity index (χ0v) is 16.9. The fourth-order valence-corrected chi connectivity index (χ4v) is 5.18. The number of hydrogen-bond donors (Lipinski definition) is 1. The number of benzene rings is 1. The van der Waals surface area contributed by atoms with E-state index in [-0.39, 0.29) is 5.91 Å². The maximum atomic E-state index is 12.6. The van der Waals surface area contributed by atoms with Crippen LogP contribution >= 0.6 is 22.9 Å². The zero-order chi connectivity index (χ0) is 18.8. The minimum Gasteiger partial charge on any atom is -0.495 e. The third-order valence-electron chi connectivity index (χ3n) is 5.17. The van der Waals surface area contributed by atoms with E-state index in [4.69, 9.17) is 21.1 Å². The van der Waals surface area contributed by atoms with Crippen LogP contribution in [0.25, 0.3) is 10.4 Å². The van der Waals surface area contributed by atoms with E-state index in [1.807, 2.05) is 12.1 Å². The molecule has 0 saturated carbocycles. The first-order valence-corrected chi connectivity index (χ1v) is 10.4. The minimum atomic E-state index is 0.00354. The van der Waals surface area contributed by atoms with E-state index in [1.54, 1.807) is 18.4 Å². The highest BCUT2D eigenvalue weighted by molar-refractivity contribution is 7.17. The lowest BCUT2D eigenvalue weighted by molar-refractivity contribution is 0.0383. The van der Waals surface area contributed by atoms with Crippen molar-refractivity contribution in [1.82, 2.24) is 10.2 Å². The van der Waals surface area contributed by atoms with Crippen LogP contribution in [0.15, 0.2) is 18.2 Å². The molecule has 7 heteroatoms. The summed E-state index contributed by atoms with van der Waals surface area (Å²) in [7, 11) is 1.63. The van der Waals surface area contributed by atoms with Crippen LogP contribution in [0, 0.1) is 0 Å². The Morgan fingerprint density at radius 2 is 2.15 bits per heavy atom. The number of aryl methyl sites for hydroxylation is 1. The van der Waals surface area contributed by atoms with Crippen molar-refractivity contribution in [1.29, 1.82) is 0 Å². The molecule has 1 aliphatic carbocycles. The van der Waals surface area contributed by atoms with E-state index >= 15 is 0 Å². The number of ether oxygens (including phenoxy) is 2. The van der Waals surface area contributed by atoms with Crippen molar-refractivity contribution in [2.75, 3.05) is 46.5 Å². The molecule has 0 unspecified atom stereocenters. The number of halogens is 1. The molecule has 1 aromatic heterocycles. The van der Waals surface area contributed by atoms with Crippen molar-refractivity contribution in [2.45, 2.75) is 12.8 Å². The molecule has 2 heterocycles. The average Bonchev–Trinajstić information content (AvgIpc) is 3.14. The van der Waals surface area contributed by atoms with Crippen LogP contribution < -0.4 is 10.1 Å². The molecule has 2 aromatic rings. The monoisotopic (exact) mass is 406 g/mol. The number of nitrogens with one attached hydrogen (secondary N) is 1. The SMILES string of the molecule is COc1ccc2c(c1Cl)CCc1cc(C(=O)NCCN3CCOCC3)sc1-2. The number of nitrogens with zero attached hydrogens (tertiary/aromatic N) is 1. The van der Waals surface area contributed by atoms with Gasteiger partial charge in [0.2, 0.25) is 0 Å². The Labute approximate surface area is 168 Å². The van der Waals surface area contributed by atoms with E-state index < -0.39 is 0 Å². The van der Waals surface area contributed by atoms with Crippen LogP contribution in [0.1, 0.15) is 20.8 Å². The Morgan fingerprint density at radius 3 is 2.93 bits per heavy atom. The van der Waals surface area contributed by atoms with Gasteiger partial charge in [0, 0.05) is 31.1 Å². The number of fused-ring (bicyclic) bond motifs is 3. The van der Waals surface area contributed by atoms with Crippen molar-refractivity contribution < 1.29 is 14.3 Å². The van der Waals surface area contributed by atoms with E-state index in [0.29, 0.717) is 17.3 Å². The number of rotatable bonds is 5. The maximum absolute atomic E-state index is 12.6. The van der Waals surface area contributed by atoms with E-state index in [0.717, 1.165) is 66.6 Å². The van der Waals surface area contributed by atoms with Crippen molar-refractivity contribution in [3.63, 3.8) is 0 Å². The molecular weight excluding hydrogens is 384 g/mol. The fraction of sp³-hybridized carbons (Fsp3) is 0.450. The number of methoxy groups -OCH3 is 1. The van der Waals surface area contributed by atoms with Gasteiger partial charge < -0.3 is 14.8 Å². The Morgan fingerprint density at radius 1 is 1.33 bits per heavy atom. The first-order valence-electron chi connectivity index (χ1n) is 9.24. The molecule has 1 aliphatic heterocycles. The minimum absolute atomic E-state index is 0.00354. The van der Waals surface area contributed by atoms with Gasteiger partial charge in [-0.25, -0.2) is 0 Å². The van der Waals surface area contributed by atoms with Gasteiger partial charge in [-0.3, -0.25) is 9.69 Å². The Hall–Kier alpha value is -1.60. The normalized spacial score (nSPS) is 16.5. The summed E-state index contributed by atoms with van der Waals surface area (Å²) in [6.07, 6.45) is 1.76. The quantitative estimate of drug-likeness (QED) is 0.828. The van der Waals surface area contributed by atoms with Gasteiger partial charge >= 0.3 is 0 Å². The largest absolute Gasteiger partial charge is 0.495 e. The van der Waals surface area contributed by atoms with E-state index in [2.05, 4.69) is 16.3 Å². The third-order valence-corrected chi connectivity index (χ3v) is 6.79. The second kappa shape index (κ2) is 8.19. The second-order valence-corrected chi connectivity index (χ2v) is 8.21. The van der Waals surface area contributed by atoms with Gasteiger partial charge in [0.25, 0.3) is 5.91 Å². The van der Waals surface area contributed by atoms with Crippen LogP contribution in [0.5, 0.6) is 5.75 Å². The first kappa shape index (κ1) is 18.7. The standard InChI is InChI=1S/C20H23ClN2O3S/c1-25-16-5-4-15-14(18(16)21)3-2-13-12-17(27-19(13)15)20(24)22-6-7-23-8-10-26-11-9-23/h4-5,12H,2-3,6-11H2,1H3,(H,22,24). The molecule has 1 aromatic carbocycles. The molecular formula is C20H23ClN2O3S. The maximum Gasteiger partial charge on any atom is 0.261 e. The van der Waals surface area contributed by atoms with Gasteiger partial charge in [0.15, 0.2) is 0 Å². The summed E-state index contributed by atoms with van der Waals surface area (Å²) < 4.78 is 10.7. The topological polar surface area (TPSA) is 50.8 Å². The molecule has 27 heavy (non-hydrogen) atoms. The van der Waals surface area contributed by atoms with Crippen molar-refractivity contribution >= 4 is 28.8 Å². The molecule has 1 amide bonds. The molecule has 1 fully saturated rings. The smallest absolute Gasteiger partial charge is 0.261 e. The third kappa shape index (κ3) is 3.85. The molecule has 4 rings (SSSR count). The van der Waals surface area contributed by atoms with E-state index in [1.165, 1.54) is 5.56 Å². The number of morpholine rings is 1. The summed E-state index contributed by atoms with van der Waals surface area (Å²) in [6, 6.07) is 5.98. The first-order chi connectivity index (χ1) is 13.2. The Kier molecular flexibility index (Phi) is 5.68. The molecule has 2 aliphatic rings. The van der Waals surface area contributed by atoms with Crippen molar-refractivity contribution in [3.05, 3.63) is 39.2 Å². The second-order valence-electron chi connectivity index (χ2n) is 6.78. The van der Waals surface area contributed by atoms with E-state index in [9.17, 15) is 4.79 Å². The van der Waals surface area contributed by atoms with Crippen LogP contribution in [0.3, 0.4) is 0 Å². The highest BCUT2D eigenvalue weighted by Gasteiger charge is 2.24.